The summed E-state index contributed by atoms with van der Waals surface area (Å²) in [4.78, 5) is 24.8. The average molecular weight is 337 g/mol. The minimum absolute atomic E-state index is 0.126. The number of hydrazone groups is 1. The number of ether oxygens (including phenoxy) is 1. The van der Waals surface area contributed by atoms with Crippen LogP contribution in [-0.2, 0) is 9.59 Å². The summed E-state index contributed by atoms with van der Waals surface area (Å²) >= 11 is 0. The molecule has 1 heterocycles. The van der Waals surface area contributed by atoms with Gasteiger partial charge in [-0.25, -0.2) is 5.01 Å². The van der Waals surface area contributed by atoms with Crippen molar-refractivity contribution < 1.29 is 14.3 Å². The molecule has 1 aliphatic heterocycles. The van der Waals surface area contributed by atoms with Gasteiger partial charge in [0.2, 0.25) is 5.91 Å². The van der Waals surface area contributed by atoms with Crippen molar-refractivity contribution in [1.82, 2.24) is 0 Å². The highest BCUT2D eigenvalue weighted by Gasteiger charge is 2.26. The summed E-state index contributed by atoms with van der Waals surface area (Å²) in [6, 6.07) is 14.6. The second kappa shape index (κ2) is 7.17. The van der Waals surface area contributed by atoms with Crippen LogP contribution in [0.5, 0.6) is 5.75 Å². The Kier molecular flexibility index (Phi) is 4.79. The zero-order valence-electron chi connectivity index (χ0n) is 14.2. The quantitative estimate of drug-likeness (QED) is 0.932. The van der Waals surface area contributed by atoms with Crippen LogP contribution in [0.3, 0.4) is 0 Å². The van der Waals surface area contributed by atoms with Crippen LogP contribution in [0.4, 0.5) is 11.4 Å². The fourth-order valence-corrected chi connectivity index (χ4v) is 2.62. The van der Waals surface area contributed by atoms with E-state index in [-0.39, 0.29) is 18.2 Å². The molecule has 2 aromatic carbocycles. The Balaban J connectivity index is 1.85. The topological polar surface area (TPSA) is 71.0 Å². The number of hydrogen-bond acceptors (Lipinski definition) is 4. The first-order chi connectivity index (χ1) is 12.1. The van der Waals surface area contributed by atoms with Crippen molar-refractivity contribution in [2.75, 3.05) is 17.4 Å². The number of carbonyl (C=O) groups excluding carboxylic acids is 2. The van der Waals surface area contributed by atoms with E-state index in [1.54, 1.807) is 25.3 Å². The van der Waals surface area contributed by atoms with Crippen LogP contribution in [0.15, 0.2) is 53.6 Å². The van der Waals surface area contributed by atoms with Crippen molar-refractivity contribution in [3.63, 3.8) is 0 Å². The maximum absolute atomic E-state index is 12.6. The Morgan fingerprint density at radius 3 is 2.72 bits per heavy atom. The number of rotatable bonds is 4. The second-order valence-electron chi connectivity index (χ2n) is 5.75. The van der Waals surface area contributed by atoms with Crippen LogP contribution < -0.4 is 15.1 Å². The molecule has 0 fully saturated rings. The van der Waals surface area contributed by atoms with Crippen molar-refractivity contribution in [3.8, 4) is 5.75 Å². The molecule has 6 nitrogen and oxygen atoms in total. The molecule has 1 aliphatic rings. The predicted molar refractivity (Wildman–Crippen MR) is 97.0 cm³/mol. The number of hydrogen-bond donors (Lipinski definition) is 1. The Labute approximate surface area is 146 Å². The number of benzene rings is 2. The largest absolute Gasteiger partial charge is 0.495 e. The molecular weight excluding hydrogens is 318 g/mol. The van der Waals surface area contributed by atoms with E-state index in [4.69, 9.17) is 4.74 Å². The van der Waals surface area contributed by atoms with E-state index in [1.807, 2.05) is 37.3 Å². The van der Waals surface area contributed by atoms with E-state index in [2.05, 4.69) is 10.4 Å². The van der Waals surface area contributed by atoms with Gasteiger partial charge in [-0.3, -0.25) is 9.59 Å². The highest BCUT2D eigenvalue weighted by Crippen LogP contribution is 2.25. The Hall–Kier alpha value is -3.15. The van der Waals surface area contributed by atoms with Gasteiger partial charge in [0, 0.05) is 12.8 Å². The van der Waals surface area contributed by atoms with Crippen LogP contribution >= 0.6 is 0 Å². The van der Waals surface area contributed by atoms with Crippen molar-refractivity contribution >= 4 is 28.9 Å². The number of carbonyl (C=O) groups is 2. The van der Waals surface area contributed by atoms with Gasteiger partial charge in [-0.05, 0) is 36.8 Å². The maximum atomic E-state index is 12.6. The summed E-state index contributed by atoms with van der Waals surface area (Å²) in [5.41, 5.74) is 2.56. The standard InChI is InChI=1S/C19H19N3O3/c1-13-6-5-7-14(12-13)22-18(23)11-10-16(21-22)19(24)20-15-8-3-4-9-17(15)25-2/h3-9,12H,10-11H2,1-2H3,(H,20,24). The van der Waals surface area contributed by atoms with Crippen LogP contribution in [-0.4, -0.2) is 24.6 Å². The average Bonchev–Trinajstić information content (AvgIpc) is 2.62. The van der Waals surface area contributed by atoms with Crippen molar-refractivity contribution in [3.05, 3.63) is 54.1 Å². The van der Waals surface area contributed by atoms with Gasteiger partial charge in [0.15, 0.2) is 0 Å². The molecule has 0 bridgehead atoms. The summed E-state index contributed by atoms with van der Waals surface area (Å²) in [5, 5.41) is 8.37. The van der Waals surface area contributed by atoms with E-state index in [0.717, 1.165) is 5.56 Å². The summed E-state index contributed by atoms with van der Waals surface area (Å²) < 4.78 is 5.24. The minimum atomic E-state index is -0.338. The van der Waals surface area contributed by atoms with E-state index in [9.17, 15) is 9.59 Å². The molecule has 0 atom stereocenters. The van der Waals surface area contributed by atoms with Crippen LogP contribution in [0, 0.1) is 6.92 Å². The molecule has 0 unspecified atom stereocenters. The number of nitrogens with one attached hydrogen (secondary N) is 1. The monoisotopic (exact) mass is 337 g/mol. The van der Waals surface area contributed by atoms with E-state index < -0.39 is 0 Å². The SMILES string of the molecule is COc1ccccc1NC(=O)C1=NN(c2cccc(C)c2)C(=O)CC1. The van der Waals surface area contributed by atoms with Gasteiger partial charge in [-0.1, -0.05) is 24.3 Å². The molecule has 0 aliphatic carbocycles. The lowest BCUT2D eigenvalue weighted by atomic mass is 10.1. The van der Waals surface area contributed by atoms with Gasteiger partial charge in [0.05, 0.1) is 18.5 Å². The Morgan fingerprint density at radius 1 is 1.16 bits per heavy atom. The first-order valence-electron chi connectivity index (χ1n) is 8.00. The predicted octanol–water partition coefficient (Wildman–Crippen LogP) is 3.13. The molecule has 0 radical (unpaired) electrons. The van der Waals surface area contributed by atoms with Gasteiger partial charge in [-0.2, -0.15) is 5.10 Å². The highest BCUT2D eigenvalue weighted by atomic mass is 16.5. The van der Waals surface area contributed by atoms with Crippen molar-refractivity contribution in [2.24, 2.45) is 5.10 Å². The van der Waals surface area contributed by atoms with E-state index >= 15 is 0 Å². The van der Waals surface area contributed by atoms with Gasteiger partial charge in [0.25, 0.3) is 5.91 Å². The number of methoxy groups -OCH3 is 1. The first-order valence-corrected chi connectivity index (χ1v) is 8.00. The van der Waals surface area contributed by atoms with Crippen LogP contribution in [0.1, 0.15) is 18.4 Å². The molecule has 3 rings (SSSR count). The molecule has 2 aromatic rings. The molecule has 128 valence electrons. The van der Waals surface area contributed by atoms with Crippen LogP contribution in [0.2, 0.25) is 0 Å². The number of para-hydroxylation sites is 2. The van der Waals surface area contributed by atoms with E-state index in [1.165, 1.54) is 5.01 Å². The lowest BCUT2D eigenvalue weighted by Gasteiger charge is -2.23. The maximum Gasteiger partial charge on any atom is 0.271 e. The van der Waals surface area contributed by atoms with Gasteiger partial charge >= 0.3 is 0 Å². The molecule has 0 saturated heterocycles. The van der Waals surface area contributed by atoms with Crippen LogP contribution in [0.25, 0.3) is 0 Å². The molecule has 2 amide bonds. The number of anilines is 2. The summed E-state index contributed by atoms with van der Waals surface area (Å²) in [6.45, 7) is 1.94. The highest BCUT2D eigenvalue weighted by molar-refractivity contribution is 6.44. The smallest absolute Gasteiger partial charge is 0.271 e. The van der Waals surface area contributed by atoms with Crippen molar-refractivity contribution in [1.29, 1.82) is 0 Å². The summed E-state index contributed by atoms with van der Waals surface area (Å²) in [6.07, 6.45) is 0.550. The molecule has 0 saturated carbocycles. The fourth-order valence-electron chi connectivity index (χ4n) is 2.62. The second-order valence-corrected chi connectivity index (χ2v) is 5.75. The lowest BCUT2D eigenvalue weighted by Crippen LogP contribution is -2.36. The number of nitrogens with zero attached hydrogens (tertiary/aromatic N) is 2. The van der Waals surface area contributed by atoms with Gasteiger partial charge < -0.3 is 10.1 Å². The third-order valence-corrected chi connectivity index (χ3v) is 3.90. The number of aryl methyl sites for hydroxylation is 1. The zero-order chi connectivity index (χ0) is 17.8. The fraction of sp³-hybridized carbons (Fsp3) is 0.211. The Bertz CT molecular complexity index is 845. The van der Waals surface area contributed by atoms with Gasteiger partial charge in [-0.15, -0.1) is 0 Å². The molecule has 1 N–H and O–H groups in total. The van der Waals surface area contributed by atoms with Gasteiger partial charge in [0.1, 0.15) is 11.5 Å². The first kappa shape index (κ1) is 16.7. The molecule has 25 heavy (non-hydrogen) atoms. The lowest BCUT2D eigenvalue weighted by molar-refractivity contribution is -0.118. The molecule has 0 aromatic heterocycles. The number of amides is 2. The van der Waals surface area contributed by atoms with Crippen molar-refractivity contribution in [2.45, 2.75) is 19.8 Å². The van der Waals surface area contributed by atoms with E-state index in [0.29, 0.717) is 29.3 Å². The summed E-state index contributed by atoms with van der Waals surface area (Å²) in [5.74, 6) is 0.105. The zero-order valence-corrected chi connectivity index (χ0v) is 14.2. The third kappa shape index (κ3) is 3.68. The Morgan fingerprint density at radius 2 is 1.96 bits per heavy atom. The molecular formula is C19H19N3O3. The summed E-state index contributed by atoms with van der Waals surface area (Å²) in [7, 11) is 1.54. The molecule has 6 heteroatoms. The molecule has 0 spiro atoms. The third-order valence-electron chi connectivity index (χ3n) is 3.90. The normalized spacial score (nSPS) is 14.1. The minimum Gasteiger partial charge on any atom is -0.495 e.